The average Bonchev–Trinajstić information content (AvgIpc) is 2.25. The van der Waals surface area contributed by atoms with E-state index in [9.17, 15) is 4.79 Å². The lowest BCUT2D eigenvalue weighted by Gasteiger charge is -2.08. The Morgan fingerprint density at radius 1 is 1.47 bits per heavy atom. The van der Waals surface area contributed by atoms with Crippen molar-refractivity contribution in [1.29, 1.82) is 0 Å². The van der Waals surface area contributed by atoms with Gasteiger partial charge in [0, 0.05) is 18.7 Å². The summed E-state index contributed by atoms with van der Waals surface area (Å²) >= 11 is 0. The standard InChI is InChI=1S/C12H15NO2/c1-10(7-8-12(14)15)13-9-11-5-3-2-4-6-11/h2-8,10,13H,9H2,1H3,(H,14,15)/b8-7+/t10-/m0/s1. The number of hydrogen-bond donors (Lipinski definition) is 2. The molecule has 0 heterocycles. The molecule has 3 heteroatoms. The summed E-state index contributed by atoms with van der Waals surface area (Å²) in [5.74, 6) is -0.914. The van der Waals surface area contributed by atoms with E-state index in [-0.39, 0.29) is 6.04 Å². The normalized spacial score (nSPS) is 12.9. The third-order valence-electron chi connectivity index (χ3n) is 2.00. The van der Waals surface area contributed by atoms with Gasteiger partial charge >= 0.3 is 5.97 Å². The Kier molecular flexibility index (Phi) is 4.57. The van der Waals surface area contributed by atoms with E-state index < -0.39 is 5.97 Å². The van der Waals surface area contributed by atoms with Crippen LogP contribution in [0.15, 0.2) is 42.5 Å². The highest BCUT2D eigenvalue weighted by Crippen LogP contribution is 1.98. The highest BCUT2D eigenvalue weighted by Gasteiger charge is 1.97. The molecule has 1 rings (SSSR count). The fourth-order valence-corrected chi connectivity index (χ4v) is 1.17. The van der Waals surface area contributed by atoms with Gasteiger partial charge in [0.1, 0.15) is 0 Å². The first-order valence-corrected chi connectivity index (χ1v) is 4.87. The predicted octanol–water partition coefficient (Wildman–Crippen LogP) is 1.81. The van der Waals surface area contributed by atoms with E-state index in [2.05, 4.69) is 5.32 Å². The van der Waals surface area contributed by atoms with Crippen LogP contribution in [0.4, 0.5) is 0 Å². The van der Waals surface area contributed by atoms with Gasteiger partial charge in [0.05, 0.1) is 0 Å². The van der Waals surface area contributed by atoms with Crippen molar-refractivity contribution in [2.45, 2.75) is 19.5 Å². The molecule has 0 aliphatic heterocycles. The Morgan fingerprint density at radius 2 is 2.13 bits per heavy atom. The molecule has 0 saturated carbocycles. The Balaban J connectivity index is 2.34. The molecule has 0 bridgehead atoms. The average molecular weight is 205 g/mol. The van der Waals surface area contributed by atoms with Gasteiger partial charge in [-0.05, 0) is 12.5 Å². The fourth-order valence-electron chi connectivity index (χ4n) is 1.17. The van der Waals surface area contributed by atoms with Crippen LogP contribution in [0.5, 0.6) is 0 Å². The molecular weight excluding hydrogens is 190 g/mol. The molecule has 0 radical (unpaired) electrons. The maximum absolute atomic E-state index is 10.3. The van der Waals surface area contributed by atoms with Crippen molar-refractivity contribution in [2.75, 3.05) is 0 Å². The second-order valence-electron chi connectivity index (χ2n) is 3.35. The second kappa shape index (κ2) is 5.98. The van der Waals surface area contributed by atoms with Crippen molar-refractivity contribution < 1.29 is 9.90 Å². The molecule has 0 unspecified atom stereocenters. The Labute approximate surface area is 89.4 Å². The van der Waals surface area contributed by atoms with Crippen molar-refractivity contribution in [3.63, 3.8) is 0 Å². The summed E-state index contributed by atoms with van der Waals surface area (Å²) in [5, 5.41) is 11.6. The van der Waals surface area contributed by atoms with Crippen molar-refractivity contribution in [3.05, 3.63) is 48.0 Å². The number of carbonyl (C=O) groups is 1. The molecular formula is C12H15NO2. The molecule has 80 valence electrons. The molecule has 0 aliphatic carbocycles. The number of carboxylic acids is 1. The van der Waals surface area contributed by atoms with Gasteiger partial charge in [-0.1, -0.05) is 36.4 Å². The Hall–Kier alpha value is -1.61. The third-order valence-corrected chi connectivity index (χ3v) is 2.00. The van der Waals surface area contributed by atoms with E-state index in [1.165, 1.54) is 5.56 Å². The van der Waals surface area contributed by atoms with Crippen LogP contribution >= 0.6 is 0 Å². The summed E-state index contributed by atoms with van der Waals surface area (Å²) < 4.78 is 0. The summed E-state index contributed by atoms with van der Waals surface area (Å²) in [7, 11) is 0. The smallest absolute Gasteiger partial charge is 0.328 e. The van der Waals surface area contributed by atoms with Gasteiger partial charge in [-0.25, -0.2) is 4.79 Å². The first-order chi connectivity index (χ1) is 7.18. The van der Waals surface area contributed by atoms with Gasteiger partial charge in [0.2, 0.25) is 0 Å². The lowest BCUT2D eigenvalue weighted by Crippen LogP contribution is -2.23. The summed E-state index contributed by atoms with van der Waals surface area (Å²) in [5.41, 5.74) is 1.19. The highest BCUT2D eigenvalue weighted by atomic mass is 16.4. The minimum absolute atomic E-state index is 0.0568. The maximum Gasteiger partial charge on any atom is 0.328 e. The molecule has 2 N–H and O–H groups in total. The molecule has 1 aromatic carbocycles. The van der Waals surface area contributed by atoms with Crippen molar-refractivity contribution in [2.24, 2.45) is 0 Å². The SMILES string of the molecule is C[C@@H](/C=C/C(=O)O)NCc1ccccc1. The first kappa shape index (κ1) is 11.5. The van der Waals surface area contributed by atoms with Crippen molar-refractivity contribution in [3.8, 4) is 0 Å². The van der Waals surface area contributed by atoms with Gasteiger partial charge in [-0.3, -0.25) is 0 Å². The zero-order valence-corrected chi connectivity index (χ0v) is 8.68. The monoisotopic (exact) mass is 205 g/mol. The predicted molar refractivity (Wildman–Crippen MR) is 59.5 cm³/mol. The van der Waals surface area contributed by atoms with Gasteiger partial charge in [-0.15, -0.1) is 0 Å². The van der Waals surface area contributed by atoms with Crippen LogP contribution in [0.25, 0.3) is 0 Å². The molecule has 1 aromatic rings. The van der Waals surface area contributed by atoms with Crippen molar-refractivity contribution >= 4 is 5.97 Å². The van der Waals surface area contributed by atoms with Crippen LogP contribution in [0.3, 0.4) is 0 Å². The zero-order valence-electron chi connectivity index (χ0n) is 8.68. The zero-order chi connectivity index (χ0) is 11.1. The number of aliphatic carboxylic acids is 1. The topological polar surface area (TPSA) is 49.3 Å². The lowest BCUT2D eigenvalue weighted by atomic mass is 10.2. The molecule has 0 spiro atoms. The molecule has 0 fully saturated rings. The van der Waals surface area contributed by atoms with Gasteiger partial charge < -0.3 is 10.4 Å². The summed E-state index contributed by atoms with van der Waals surface area (Å²) in [4.78, 5) is 10.3. The molecule has 0 aromatic heterocycles. The summed E-state index contributed by atoms with van der Waals surface area (Å²) in [6.07, 6.45) is 2.79. The van der Waals surface area contributed by atoms with Gasteiger partial charge in [-0.2, -0.15) is 0 Å². The Morgan fingerprint density at radius 3 is 2.73 bits per heavy atom. The largest absolute Gasteiger partial charge is 0.478 e. The van der Waals surface area contributed by atoms with Crippen LogP contribution < -0.4 is 5.32 Å². The first-order valence-electron chi connectivity index (χ1n) is 4.87. The number of carboxylic acid groups (broad SMARTS) is 1. The molecule has 15 heavy (non-hydrogen) atoms. The van der Waals surface area contributed by atoms with E-state index >= 15 is 0 Å². The van der Waals surface area contributed by atoms with E-state index in [1.54, 1.807) is 6.08 Å². The maximum atomic E-state index is 10.3. The van der Waals surface area contributed by atoms with Crippen LogP contribution in [0.2, 0.25) is 0 Å². The summed E-state index contributed by atoms with van der Waals surface area (Å²) in [6, 6.07) is 10.0. The van der Waals surface area contributed by atoms with E-state index in [0.717, 1.165) is 12.6 Å². The van der Waals surface area contributed by atoms with E-state index in [1.807, 2.05) is 37.3 Å². The lowest BCUT2D eigenvalue weighted by molar-refractivity contribution is -0.131. The van der Waals surface area contributed by atoms with Gasteiger partial charge in [0.15, 0.2) is 0 Å². The van der Waals surface area contributed by atoms with Crippen LogP contribution in [-0.2, 0) is 11.3 Å². The molecule has 1 atom stereocenters. The third kappa shape index (κ3) is 4.98. The minimum Gasteiger partial charge on any atom is -0.478 e. The molecule has 0 aliphatic rings. The van der Waals surface area contributed by atoms with E-state index in [0.29, 0.717) is 0 Å². The number of nitrogens with one attached hydrogen (secondary N) is 1. The number of rotatable bonds is 5. The van der Waals surface area contributed by atoms with Crippen LogP contribution in [0.1, 0.15) is 12.5 Å². The molecule has 0 saturated heterocycles. The molecule has 0 amide bonds. The highest BCUT2D eigenvalue weighted by molar-refractivity contribution is 5.79. The summed E-state index contributed by atoms with van der Waals surface area (Å²) in [6.45, 7) is 2.66. The number of benzene rings is 1. The minimum atomic E-state index is -0.914. The van der Waals surface area contributed by atoms with Crippen molar-refractivity contribution in [1.82, 2.24) is 5.32 Å². The Bertz CT molecular complexity index is 333. The molecule has 3 nitrogen and oxygen atoms in total. The number of hydrogen-bond acceptors (Lipinski definition) is 2. The second-order valence-corrected chi connectivity index (χ2v) is 3.35. The van der Waals surface area contributed by atoms with Crippen LogP contribution in [-0.4, -0.2) is 17.1 Å². The van der Waals surface area contributed by atoms with Gasteiger partial charge in [0.25, 0.3) is 0 Å². The van der Waals surface area contributed by atoms with E-state index in [4.69, 9.17) is 5.11 Å². The fraction of sp³-hybridized carbons (Fsp3) is 0.250. The quantitative estimate of drug-likeness (QED) is 0.721. The van der Waals surface area contributed by atoms with Crippen LogP contribution in [0, 0.1) is 0 Å².